The van der Waals surface area contributed by atoms with Crippen LogP contribution in [0.15, 0.2) is 18.3 Å². The van der Waals surface area contributed by atoms with E-state index >= 15 is 0 Å². The Bertz CT molecular complexity index is 623. The molecule has 1 aromatic carbocycles. The van der Waals surface area contributed by atoms with Crippen LogP contribution in [0.2, 0.25) is 5.02 Å². The number of halogens is 1. The molecule has 100 valence electrons. The third-order valence-corrected chi connectivity index (χ3v) is 4.52. The lowest BCUT2D eigenvalue weighted by molar-refractivity contribution is 0.00578. The molecule has 1 saturated heterocycles. The number of benzene rings is 1. The standard InChI is InChI=1S/C13H16BClN2O2/c1-12(2)13(3,4)19-14(18-12)9-5-6-10-8(11(9)15)7-16-17-10/h5-7H,1-4H3,(H,16,17). The van der Waals surface area contributed by atoms with E-state index in [1.807, 2.05) is 39.8 Å². The van der Waals surface area contributed by atoms with Gasteiger partial charge >= 0.3 is 7.12 Å². The molecule has 2 aromatic rings. The van der Waals surface area contributed by atoms with Crippen molar-refractivity contribution in [3.8, 4) is 0 Å². The molecule has 0 radical (unpaired) electrons. The van der Waals surface area contributed by atoms with Crippen molar-refractivity contribution < 1.29 is 9.31 Å². The SMILES string of the molecule is CC1(C)OB(c2ccc3[nH]ncc3c2Cl)OC1(C)C. The molecule has 0 unspecified atom stereocenters. The van der Waals surface area contributed by atoms with Crippen molar-refractivity contribution in [1.82, 2.24) is 10.2 Å². The Morgan fingerprint density at radius 1 is 1.16 bits per heavy atom. The first-order chi connectivity index (χ1) is 8.82. The minimum atomic E-state index is -0.447. The van der Waals surface area contributed by atoms with E-state index in [1.54, 1.807) is 6.20 Å². The molecule has 1 aliphatic heterocycles. The van der Waals surface area contributed by atoms with Crippen LogP contribution in [0.5, 0.6) is 0 Å². The summed E-state index contributed by atoms with van der Waals surface area (Å²) in [6, 6.07) is 3.86. The molecule has 2 heterocycles. The van der Waals surface area contributed by atoms with Crippen LogP contribution in [0, 0.1) is 0 Å². The maximum absolute atomic E-state index is 6.43. The predicted molar refractivity (Wildman–Crippen MR) is 76.8 cm³/mol. The second-order valence-electron chi connectivity index (χ2n) is 5.89. The van der Waals surface area contributed by atoms with Crippen LogP contribution in [-0.4, -0.2) is 28.5 Å². The Labute approximate surface area is 117 Å². The molecule has 1 aromatic heterocycles. The Kier molecular flexibility index (Phi) is 2.72. The molecule has 0 amide bonds. The van der Waals surface area contributed by atoms with Gasteiger partial charge in [0.1, 0.15) is 0 Å². The van der Waals surface area contributed by atoms with Crippen LogP contribution in [-0.2, 0) is 9.31 Å². The van der Waals surface area contributed by atoms with Crippen molar-refractivity contribution in [3.63, 3.8) is 0 Å². The molecular formula is C13H16BClN2O2. The summed E-state index contributed by atoms with van der Waals surface area (Å²) < 4.78 is 12.0. The summed E-state index contributed by atoms with van der Waals surface area (Å²) in [6.45, 7) is 8.10. The zero-order valence-electron chi connectivity index (χ0n) is 11.5. The summed E-state index contributed by atoms with van der Waals surface area (Å²) in [6.07, 6.45) is 1.71. The molecule has 0 aliphatic carbocycles. The highest BCUT2D eigenvalue weighted by atomic mass is 35.5. The molecule has 0 saturated carbocycles. The first-order valence-corrected chi connectivity index (χ1v) is 6.67. The molecule has 1 aliphatic rings. The van der Waals surface area contributed by atoms with Crippen molar-refractivity contribution in [2.75, 3.05) is 0 Å². The Hall–Kier alpha value is -1.04. The van der Waals surface area contributed by atoms with Gasteiger partial charge in [-0.15, -0.1) is 0 Å². The highest BCUT2D eigenvalue weighted by Gasteiger charge is 2.52. The van der Waals surface area contributed by atoms with Crippen LogP contribution in [0.3, 0.4) is 0 Å². The Morgan fingerprint density at radius 2 is 1.79 bits per heavy atom. The minimum Gasteiger partial charge on any atom is -0.399 e. The lowest BCUT2D eigenvalue weighted by Crippen LogP contribution is -2.41. The number of nitrogens with one attached hydrogen (secondary N) is 1. The number of aromatic nitrogens is 2. The van der Waals surface area contributed by atoms with Crippen LogP contribution in [0.1, 0.15) is 27.7 Å². The van der Waals surface area contributed by atoms with Crippen molar-refractivity contribution in [3.05, 3.63) is 23.4 Å². The summed E-state index contributed by atoms with van der Waals surface area (Å²) in [5.41, 5.74) is 1.01. The van der Waals surface area contributed by atoms with Crippen molar-refractivity contribution in [1.29, 1.82) is 0 Å². The van der Waals surface area contributed by atoms with E-state index in [-0.39, 0.29) is 11.2 Å². The highest BCUT2D eigenvalue weighted by Crippen LogP contribution is 2.37. The topological polar surface area (TPSA) is 47.1 Å². The zero-order valence-corrected chi connectivity index (χ0v) is 12.2. The summed E-state index contributed by atoms with van der Waals surface area (Å²) >= 11 is 6.43. The fourth-order valence-corrected chi connectivity index (χ4v) is 2.45. The van der Waals surface area contributed by atoms with Crippen molar-refractivity contribution >= 4 is 35.1 Å². The van der Waals surface area contributed by atoms with Crippen molar-refractivity contribution in [2.45, 2.75) is 38.9 Å². The fraction of sp³-hybridized carbons (Fsp3) is 0.462. The number of aromatic amines is 1. The smallest absolute Gasteiger partial charge is 0.399 e. The molecular weight excluding hydrogens is 262 g/mol. The van der Waals surface area contributed by atoms with Gasteiger partial charge in [-0.25, -0.2) is 0 Å². The molecule has 0 spiro atoms. The summed E-state index contributed by atoms with van der Waals surface area (Å²) in [4.78, 5) is 0. The van der Waals surface area contributed by atoms with Crippen LogP contribution >= 0.6 is 11.6 Å². The number of fused-ring (bicyclic) bond motifs is 1. The largest absolute Gasteiger partial charge is 0.496 e. The van der Waals surface area contributed by atoms with Crippen LogP contribution < -0.4 is 5.46 Å². The number of hydrogen-bond donors (Lipinski definition) is 1. The summed E-state index contributed by atoms with van der Waals surface area (Å²) in [7, 11) is -0.447. The average Bonchev–Trinajstić information content (AvgIpc) is 2.83. The number of hydrogen-bond acceptors (Lipinski definition) is 3. The first-order valence-electron chi connectivity index (χ1n) is 6.29. The number of H-pyrrole nitrogens is 1. The van der Waals surface area contributed by atoms with Gasteiger partial charge in [0, 0.05) is 10.8 Å². The van der Waals surface area contributed by atoms with Crippen LogP contribution in [0.25, 0.3) is 10.9 Å². The predicted octanol–water partition coefficient (Wildman–Crippen LogP) is 2.52. The zero-order chi connectivity index (χ0) is 13.8. The van der Waals surface area contributed by atoms with E-state index in [2.05, 4.69) is 10.2 Å². The van der Waals surface area contributed by atoms with Gasteiger partial charge in [0.2, 0.25) is 0 Å². The Morgan fingerprint density at radius 3 is 2.42 bits per heavy atom. The lowest BCUT2D eigenvalue weighted by Gasteiger charge is -2.32. The molecule has 0 bridgehead atoms. The van der Waals surface area contributed by atoms with Gasteiger partial charge in [-0.3, -0.25) is 5.10 Å². The van der Waals surface area contributed by atoms with Gasteiger partial charge in [-0.05, 0) is 33.8 Å². The van der Waals surface area contributed by atoms with Crippen molar-refractivity contribution in [2.24, 2.45) is 0 Å². The normalized spacial score (nSPS) is 21.2. The molecule has 1 fully saturated rings. The van der Waals surface area contributed by atoms with Gasteiger partial charge in [0.05, 0.1) is 27.9 Å². The van der Waals surface area contributed by atoms with E-state index < -0.39 is 7.12 Å². The molecule has 1 N–H and O–H groups in total. The third kappa shape index (κ3) is 1.88. The average molecular weight is 279 g/mol. The molecule has 6 heteroatoms. The minimum absolute atomic E-state index is 0.369. The van der Waals surface area contributed by atoms with Gasteiger partial charge in [-0.2, -0.15) is 5.10 Å². The molecule has 0 atom stereocenters. The van der Waals surface area contributed by atoms with E-state index in [4.69, 9.17) is 20.9 Å². The summed E-state index contributed by atoms with van der Waals surface area (Å²) in [5.74, 6) is 0. The molecule has 4 nitrogen and oxygen atoms in total. The fourth-order valence-electron chi connectivity index (χ4n) is 2.15. The van der Waals surface area contributed by atoms with Crippen LogP contribution in [0.4, 0.5) is 0 Å². The summed E-state index contributed by atoms with van der Waals surface area (Å²) in [5, 5.41) is 8.40. The lowest BCUT2D eigenvalue weighted by atomic mass is 9.78. The van der Waals surface area contributed by atoms with Gasteiger partial charge in [-0.1, -0.05) is 17.7 Å². The molecule has 19 heavy (non-hydrogen) atoms. The maximum Gasteiger partial charge on any atom is 0.496 e. The van der Waals surface area contributed by atoms with E-state index in [9.17, 15) is 0 Å². The maximum atomic E-state index is 6.43. The second kappa shape index (κ2) is 3.98. The van der Waals surface area contributed by atoms with Gasteiger partial charge in [0.25, 0.3) is 0 Å². The third-order valence-electron chi connectivity index (χ3n) is 4.10. The van der Waals surface area contributed by atoms with Gasteiger partial charge < -0.3 is 9.31 Å². The quantitative estimate of drug-likeness (QED) is 0.815. The second-order valence-corrected chi connectivity index (χ2v) is 6.27. The van der Waals surface area contributed by atoms with E-state index in [1.165, 1.54) is 0 Å². The van der Waals surface area contributed by atoms with E-state index in [0.717, 1.165) is 16.4 Å². The molecule has 3 rings (SSSR count). The Balaban J connectivity index is 2.04. The highest BCUT2D eigenvalue weighted by molar-refractivity contribution is 6.66. The van der Waals surface area contributed by atoms with Gasteiger partial charge in [0.15, 0.2) is 0 Å². The number of rotatable bonds is 1. The van der Waals surface area contributed by atoms with E-state index in [0.29, 0.717) is 5.02 Å². The monoisotopic (exact) mass is 278 g/mol. The number of nitrogens with zero attached hydrogens (tertiary/aromatic N) is 1. The first kappa shape index (κ1) is 13.0.